The van der Waals surface area contributed by atoms with Crippen LogP contribution in [0.25, 0.3) is 11.2 Å². The standard InChI is InChI=1S/C17H19N9O5/c18-16(30)23-25-24-17-21-13(20-8-4-2-1-3-5-8)10-14(22-17)26(7-19-10)15-12(29)11(28)9(6-27)31-15/h1-5,7,9,11-12,15,27-29H,6H2,(H4,18,20,21,22,23,24,30)/t9-,11-,12-,15-/m1/s1. The van der Waals surface area contributed by atoms with E-state index in [2.05, 4.69) is 30.6 Å². The summed E-state index contributed by atoms with van der Waals surface area (Å²) in [5.74, 6) is 0.128. The number of carbonyl (C=O) groups is 1. The summed E-state index contributed by atoms with van der Waals surface area (Å²) in [6.07, 6.45) is -3.31. The minimum absolute atomic E-state index is 0.145. The number of aromatic nitrogens is 4. The van der Waals surface area contributed by atoms with E-state index < -0.39 is 37.2 Å². The number of nitrogens with one attached hydrogen (secondary N) is 2. The number of aliphatic hydroxyl groups is 3. The SMILES string of the molecule is NC(=O)N/N=N/c1nc(Nc2ccccc2)c2ncn([C@@H]3O[C@H](CO)[C@@H](O)[C@H]3O)c2n1. The monoisotopic (exact) mass is 429 g/mol. The molecule has 4 rings (SSSR count). The van der Waals surface area contributed by atoms with Gasteiger partial charge in [-0.3, -0.25) is 4.57 Å². The molecule has 1 saturated heterocycles. The van der Waals surface area contributed by atoms with Crippen molar-refractivity contribution in [2.24, 2.45) is 16.1 Å². The normalized spacial score (nSPS) is 23.5. The number of ether oxygens (including phenoxy) is 1. The molecule has 1 aliphatic rings. The van der Waals surface area contributed by atoms with E-state index in [1.54, 1.807) is 0 Å². The summed E-state index contributed by atoms with van der Waals surface area (Å²) in [5.41, 5.74) is 8.15. The molecule has 1 aliphatic heterocycles. The lowest BCUT2D eigenvalue weighted by atomic mass is 10.1. The average Bonchev–Trinajstić information content (AvgIpc) is 3.30. The van der Waals surface area contributed by atoms with Crippen LogP contribution in [0.2, 0.25) is 0 Å². The number of urea groups is 1. The third kappa shape index (κ3) is 4.13. The van der Waals surface area contributed by atoms with Crippen molar-refractivity contribution in [2.45, 2.75) is 24.5 Å². The van der Waals surface area contributed by atoms with Crippen LogP contribution in [-0.4, -0.2) is 65.8 Å². The van der Waals surface area contributed by atoms with Crippen molar-refractivity contribution in [3.8, 4) is 0 Å². The predicted octanol–water partition coefficient (Wildman–Crippen LogP) is -0.152. The number of primary amides is 1. The molecular formula is C17H19N9O5. The summed E-state index contributed by atoms with van der Waals surface area (Å²) >= 11 is 0. The van der Waals surface area contributed by atoms with E-state index in [0.29, 0.717) is 11.2 Å². The molecule has 3 aromatic rings. The van der Waals surface area contributed by atoms with Gasteiger partial charge >= 0.3 is 6.03 Å². The van der Waals surface area contributed by atoms with Crippen molar-refractivity contribution in [3.05, 3.63) is 36.7 Å². The van der Waals surface area contributed by atoms with Gasteiger partial charge in [0, 0.05) is 5.69 Å². The maximum atomic E-state index is 10.8. The number of amides is 2. The number of nitrogens with zero attached hydrogens (tertiary/aromatic N) is 6. The number of carbonyl (C=O) groups excluding carboxylic acids is 1. The van der Waals surface area contributed by atoms with E-state index >= 15 is 0 Å². The molecule has 0 bridgehead atoms. The van der Waals surface area contributed by atoms with Gasteiger partial charge in [0.25, 0.3) is 5.95 Å². The average molecular weight is 429 g/mol. The first-order chi connectivity index (χ1) is 15.0. The highest BCUT2D eigenvalue weighted by molar-refractivity contribution is 5.86. The van der Waals surface area contributed by atoms with Gasteiger partial charge in [-0.05, 0) is 12.1 Å². The smallest absolute Gasteiger partial charge is 0.333 e. The Kier molecular flexibility index (Phi) is 5.68. The molecule has 31 heavy (non-hydrogen) atoms. The molecule has 3 heterocycles. The maximum Gasteiger partial charge on any atom is 0.333 e. The maximum absolute atomic E-state index is 10.8. The zero-order valence-electron chi connectivity index (χ0n) is 15.9. The number of imidazole rings is 1. The Morgan fingerprint density at radius 3 is 2.68 bits per heavy atom. The highest BCUT2D eigenvalue weighted by Gasteiger charge is 2.44. The summed E-state index contributed by atoms with van der Waals surface area (Å²) in [4.78, 5) is 23.6. The number of rotatable bonds is 6. The Morgan fingerprint density at radius 1 is 1.23 bits per heavy atom. The number of anilines is 2. The second-order valence-corrected chi connectivity index (χ2v) is 6.59. The van der Waals surface area contributed by atoms with Crippen LogP contribution in [0.15, 0.2) is 47.0 Å². The number of para-hydroxylation sites is 1. The van der Waals surface area contributed by atoms with Crippen molar-refractivity contribution in [1.82, 2.24) is 24.9 Å². The van der Waals surface area contributed by atoms with Gasteiger partial charge < -0.3 is 31.1 Å². The summed E-state index contributed by atoms with van der Waals surface area (Å²) in [7, 11) is 0. The van der Waals surface area contributed by atoms with Gasteiger partial charge in [-0.2, -0.15) is 9.97 Å². The molecule has 0 radical (unpaired) electrons. The third-order valence-corrected chi connectivity index (χ3v) is 4.54. The molecule has 2 aromatic heterocycles. The quantitative estimate of drug-likeness (QED) is 0.227. The van der Waals surface area contributed by atoms with E-state index in [0.717, 1.165) is 0 Å². The molecule has 14 nitrogen and oxygen atoms in total. The lowest BCUT2D eigenvalue weighted by Crippen LogP contribution is -2.33. The van der Waals surface area contributed by atoms with Crippen molar-refractivity contribution >= 4 is 34.6 Å². The minimum Gasteiger partial charge on any atom is -0.394 e. The summed E-state index contributed by atoms with van der Waals surface area (Å²) in [5, 5.41) is 40.0. The van der Waals surface area contributed by atoms with Gasteiger partial charge in [0.05, 0.1) is 12.9 Å². The number of fused-ring (bicyclic) bond motifs is 1. The Bertz CT molecular complexity index is 1110. The van der Waals surface area contributed by atoms with Gasteiger partial charge in [-0.15, -0.1) is 0 Å². The Morgan fingerprint density at radius 2 is 2.00 bits per heavy atom. The van der Waals surface area contributed by atoms with Crippen LogP contribution in [-0.2, 0) is 4.74 Å². The highest BCUT2D eigenvalue weighted by Crippen LogP contribution is 2.33. The number of benzene rings is 1. The van der Waals surface area contributed by atoms with E-state index in [-0.39, 0.29) is 17.4 Å². The second-order valence-electron chi connectivity index (χ2n) is 6.59. The van der Waals surface area contributed by atoms with E-state index in [4.69, 9.17) is 10.5 Å². The zero-order valence-corrected chi connectivity index (χ0v) is 15.9. The van der Waals surface area contributed by atoms with Gasteiger partial charge in [-0.1, -0.05) is 28.5 Å². The molecule has 162 valence electrons. The van der Waals surface area contributed by atoms with Crippen molar-refractivity contribution in [1.29, 1.82) is 0 Å². The first-order valence-corrected chi connectivity index (χ1v) is 9.13. The van der Waals surface area contributed by atoms with Crippen LogP contribution >= 0.6 is 0 Å². The van der Waals surface area contributed by atoms with Gasteiger partial charge in [-0.25, -0.2) is 15.2 Å². The minimum atomic E-state index is -1.34. The first-order valence-electron chi connectivity index (χ1n) is 9.13. The summed E-state index contributed by atoms with van der Waals surface area (Å²) < 4.78 is 6.95. The fourth-order valence-corrected chi connectivity index (χ4v) is 3.11. The van der Waals surface area contributed by atoms with Crippen molar-refractivity contribution in [3.63, 3.8) is 0 Å². The Balaban J connectivity index is 1.77. The van der Waals surface area contributed by atoms with Crippen LogP contribution in [0, 0.1) is 0 Å². The number of hydrogen-bond acceptors (Lipinski definition) is 11. The van der Waals surface area contributed by atoms with Crippen molar-refractivity contribution < 1.29 is 24.9 Å². The van der Waals surface area contributed by atoms with E-state index in [9.17, 15) is 20.1 Å². The van der Waals surface area contributed by atoms with Crippen LogP contribution in [0.5, 0.6) is 0 Å². The molecule has 4 atom stereocenters. The topological polar surface area (TPSA) is 205 Å². The fraction of sp³-hybridized carbons (Fsp3) is 0.294. The molecule has 1 aromatic carbocycles. The molecule has 0 saturated carbocycles. The number of nitrogens with two attached hydrogens (primary N) is 1. The van der Waals surface area contributed by atoms with Gasteiger partial charge in [0.2, 0.25) is 0 Å². The summed E-state index contributed by atoms with van der Waals surface area (Å²) in [6.45, 7) is -0.477. The largest absolute Gasteiger partial charge is 0.394 e. The number of hydrogen-bond donors (Lipinski definition) is 6. The van der Waals surface area contributed by atoms with E-state index in [1.165, 1.54) is 10.9 Å². The predicted molar refractivity (Wildman–Crippen MR) is 105 cm³/mol. The highest BCUT2D eigenvalue weighted by atomic mass is 16.6. The zero-order chi connectivity index (χ0) is 22.0. The molecule has 0 aliphatic carbocycles. The molecule has 0 unspecified atom stereocenters. The van der Waals surface area contributed by atoms with Gasteiger partial charge in [0.15, 0.2) is 23.2 Å². The first kappa shape index (κ1) is 20.5. The van der Waals surface area contributed by atoms with Crippen LogP contribution in [0.4, 0.5) is 22.2 Å². The lowest BCUT2D eigenvalue weighted by molar-refractivity contribution is -0.0511. The van der Waals surface area contributed by atoms with Crippen LogP contribution in [0.1, 0.15) is 6.23 Å². The molecular weight excluding hydrogens is 410 g/mol. The fourth-order valence-electron chi connectivity index (χ4n) is 3.11. The Hall–Kier alpha value is -3.72. The molecule has 1 fully saturated rings. The molecule has 14 heteroatoms. The molecule has 7 N–H and O–H groups in total. The number of aliphatic hydroxyl groups excluding tert-OH is 3. The van der Waals surface area contributed by atoms with Crippen LogP contribution < -0.4 is 16.5 Å². The van der Waals surface area contributed by atoms with Crippen molar-refractivity contribution in [2.75, 3.05) is 11.9 Å². The lowest BCUT2D eigenvalue weighted by Gasteiger charge is -2.16. The van der Waals surface area contributed by atoms with E-state index in [1.807, 2.05) is 35.8 Å². The Labute approximate surface area is 174 Å². The van der Waals surface area contributed by atoms with Gasteiger partial charge in [0.1, 0.15) is 18.3 Å². The second kappa shape index (κ2) is 8.57. The molecule has 2 amide bonds. The third-order valence-electron chi connectivity index (χ3n) is 4.54. The molecule has 0 spiro atoms. The van der Waals surface area contributed by atoms with Crippen LogP contribution in [0.3, 0.4) is 0 Å². The summed E-state index contributed by atoms with van der Waals surface area (Å²) in [6, 6.07) is 8.22.